The van der Waals surface area contributed by atoms with Crippen molar-refractivity contribution in [3.05, 3.63) is 48.3 Å². The molecule has 5 nitrogen and oxygen atoms in total. The molecule has 1 aromatic heterocycles. The van der Waals surface area contributed by atoms with Crippen LogP contribution in [0.5, 0.6) is 0 Å². The first-order valence-electron chi connectivity index (χ1n) is 6.27. The molecule has 0 aliphatic rings. The van der Waals surface area contributed by atoms with E-state index in [4.69, 9.17) is 0 Å². The average Bonchev–Trinajstić information content (AvgIpc) is 2.91. The van der Waals surface area contributed by atoms with Gasteiger partial charge in [0.2, 0.25) is 16.4 Å². The number of aryl methyl sites for hydroxylation is 2. The molecular formula is C13H17BrFN3O2S. The minimum atomic E-state index is -3.57. The second kappa shape index (κ2) is 7.67. The largest absolute Gasteiger partial charge is 1.00 e. The molecule has 0 atom stereocenters. The van der Waals surface area contributed by atoms with Gasteiger partial charge >= 0.3 is 0 Å². The predicted molar refractivity (Wildman–Crippen MR) is 71.9 cm³/mol. The van der Waals surface area contributed by atoms with Gasteiger partial charge in [-0.25, -0.2) is 22.1 Å². The molecule has 8 heteroatoms. The van der Waals surface area contributed by atoms with Crippen molar-refractivity contribution >= 4 is 10.0 Å². The summed E-state index contributed by atoms with van der Waals surface area (Å²) in [5, 5.41) is 0. The number of aromatic nitrogens is 2. The first-order valence-corrected chi connectivity index (χ1v) is 7.75. The maximum absolute atomic E-state index is 13.1. The molecule has 0 aliphatic heterocycles. The Morgan fingerprint density at radius 2 is 2.14 bits per heavy atom. The van der Waals surface area contributed by atoms with Crippen LogP contribution in [-0.2, 0) is 16.6 Å². The smallest absolute Gasteiger partial charge is 0.241 e. The topological polar surface area (TPSA) is 65.8 Å². The number of hydrogen-bond donors (Lipinski definition) is 2. The minimum absolute atomic E-state index is 0. The Balaban J connectivity index is 0.00000220. The van der Waals surface area contributed by atoms with Gasteiger partial charge in [-0.2, -0.15) is 0 Å². The maximum Gasteiger partial charge on any atom is 0.241 e. The Morgan fingerprint density at radius 3 is 2.76 bits per heavy atom. The van der Waals surface area contributed by atoms with Crippen molar-refractivity contribution in [3.63, 3.8) is 0 Å². The highest BCUT2D eigenvalue weighted by molar-refractivity contribution is 7.89. The van der Waals surface area contributed by atoms with Crippen LogP contribution in [-0.4, -0.2) is 19.9 Å². The molecule has 0 fully saturated rings. The van der Waals surface area contributed by atoms with Gasteiger partial charge in [-0.15, -0.1) is 0 Å². The number of benzene rings is 1. The number of nitrogens with zero attached hydrogens (tertiary/aromatic N) is 1. The first kappa shape index (κ1) is 17.8. The minimum Gasteiger partial charge on any atom is -1.00 e. The fourth-order valence-corrected chi connectivity index (χ4v) is 2.95. The van der Waals surface area contributed by atoms with E-state index in [-0.39, 0.29) is 21.9 Å². The molecule has 0 bridgehead atoms. The van der Waals surface area contributed by atoms with Gasteiger partial charge in [0.05, 0.1) is 11.4 Å². The highest BCUT2D eigenvalue weighted by atomic mass is 79.9. The fourth-order valence-electron chi connectivity index (χ4n) is 1.80. The Labute approximate surface area is 134 Å². The Kier molecular flexibility index (Phi) is 6.50. The van der Waals surface area contributed by atoms with Gasteiger partial charge in [-0.05, 0) is 37.1 Å². The highest BCUT2D eigenvalue weighted by Gasteiger charge is 2.14. The van der Waals surface area contributed by atoms with Crippen LogP contribution in [0.1, 0.15) is 12.0 Å². The van der Waals surface area contributed by atoms with Gasteiger partial charge in [0.25, 0.3) is 0 Å². The Bertz CT molecular complexity index is 675. The number of rotatable bonds is 6. The first-order chi connectivity index (χ1) is 9.49. The van der Waals surface area contributed by atoms with Crippen LogP contribution >= 0.6 is 0 Å². The molecule has 0 unspecified atom stereocenters. The van der Waals surface area contributed by atoms with Crippen LogP contribution in [0, 0.1) is 12.7 Å². The van der Waals surface area contributed by atoms with Gasteiger partial charge < -0.3 is 17.0 Å². The zero-order valence-electron chi connectivity index (χ0n) is 11.5. The molecule has 0 spiro atoms. The number of sulfonamides is 1. The lowest BCUT2D eigenvalue weighted by molar-refractivity contribution is -0.695. The van der Waals surface area contributed by atoms with Crippen LogP contribution in [0.3, 0.4) is 0 Å². The lowest BCUT2D eigenvalue weighted by atomic mass is 10.2. The third kappa shape index (κ3) is 4.90. The quantitative estimate of drug-likeness (QED) is 0.457. The molecule has 0 saturated heterocycles. The molecule has 0 radical (unpaired) electrons. The molecule has 116 valence electrons. The Morgan fingerprint density at radius 1 is 1.38 bits per heavy atom. The molecular weight excluding hydrogens is 361 g/mol. The summed E-state index contributed by atoms with van der Waals surface area (Å²) < 4.78 is 41.6. The van der Waals surface area contributed by atoms with Crippen molar-refractivity contribution in [3.8, 4) is 0 Å². The molecule has 0 aliphatic carbocycles. The number of imidazole rings is 1. The van der Waals surface area contributed by atoms with Gasteiger partial charge in [0.1, 0.15) is 18.2 Å². The molecule has 1 heterocycles. The van der Waals surface area contributed by atoms with E-state index in [1.54, 1.807) is 12.5 Å². The maximum atomic E-state index is 13.1. The van der Waals surface area contributed by atoms with E-state index < -0.39 is 15.8 Å². The van der Waals surface area contributed by atoms with Crippen molar-refractivity contribution in [2.45, 2.75) is 24.8 Å². The second-order valence-corrected chi connectivity index (χ2v) is 6.28. The van der Waals surface area contributed by atoms with Crippen molar-refractivity contribution in [1.29, 1.82) is 0 Å². The summed E-state index contributed by atoms with van der Waals surface area (Å²) in [6.45, 7) is 2.59. The highest BCUT2D eigenvalue weighted by Crippen LogP contribution is 2.13. The summed E-state index contributed by atoms with van der Waals surface area (Å²) in [5.74, 6) is -0.409. The normalized spacial score (nSPS) is 11.1. The van der Waals surface area contributed by atoms with Crippen molar-refractivity contribution in [2.24, 2.45) is 0 Å². The Hall–Kier alpha value is -1.25. The van der Waals surface area contributed by atoms with Crippen LogP contribution in [0.25, 0.3) is 0 Å². The predicted octanol–water partition coefficient (Wildman–Crippen LogP) is -1.88. The van der Waals surface area contributed by atoms with Gasteiger partial charge in [0, 0.05) is 6.54 Å². The summed E-state index contributed by atoms with van der Waals surface area (Å²) in [6.07, 6.45) is 6.14. The SMILES string of the molecule is Cc1cc(S(=O)(=O)NCCC[n+]2cc[nH]c2)ccc1F.[Br-]. The summed E-state index contributed by atoms with van der Waals surface area (Å²) in [7, 11) is -3.57. The molecule has 2 N–H and O–H groups in total. The third-order valence-electron chi connectivity index (χ3n) is 2.93. The van der Waals surface area contributed by atoms with E-state index in [1.807, 2.05) is 10.8 Å². The zero-order valence-corrected chi connectivity index (χ0v) is 13.9. The summed E-state index contributed by atoms with van der Waals surface area (Å²) in [6, 6.07) is 3.77. The number of nitrogens with one attached hydrogen (secondary N) is 2. The lowest BCUT2D eigenvalue weighted by Crippen LogP contribution is -3.00. The fraction of sp³-hybridized carbons (Fsp3) is 0.308. The standard InChI is InChI=1S/C13H16FN3O2S.BrH/c1-11-9-12(3-4-13(11)14)20(18,19)16-5-2-7-17-8-6-15-10-17;/h3-4,6,8-10,16H,2,5,7H2,1H3;1H. The van der Waals surface area contributed by atoms with E-state index >= 15 is 0 Å². The van der Waals surface area contributed by atoms with Crippen LogP contribution in [0.15, 0.2) is 41.8 Å². The molecule has 0 amide bonds. The van der Waals surface area contributed by atoms with E-state index in [9.17, 15) is 12.8 Å². The summed E-state index contributed by atoms with van der Waals surface area (Å²) >= 11 is 0. The average molecular weight is 378 g/mol. The molecule has 2 aromatic rings. The lowest BCUT2D eigenvalue weighted by Gasteiger charge is -2.07. The second-order valence-electron chi connectivity index (χ2n) is 4.51. The van der Waals surface area contributed by atoms with E-state index in [2.05, 4.69) is 9.71 Å². The molecule has 0 saturated carbocycles. The monoisotopic (exact) mass is 377 g/mol. The van der Waals surface area contributed by atoms with E-state index in [0.717, 1.165) is 0 Å². The van der Waals surface area contributed by atoms with Gasteiger partial charge in [0.15, 0.2) is 0 Å². The number of H-pyrrole nitrogens is 1. The van der Waals surface area contributed by atoms with Crippen LogP contribution in [0.2, 0.25) is 0 Å². The summed E-state index contributed by atoms with van der Waals surface area (Å²) in [4.78, 5) is 3.00. The molecule has 2 rings (SSSR count). The zero-order chi connectivity index (χ0) is 14.6. The van der Waals surface area contributed by atoms with Gasteiger partial charge in [-0.3, -0.25) is 4.98 Å². The van der Waals surface area contributed by atoms with E-state index in [0.29, 0.717) is 25.1 Å². The van der Waals surface area contributed by atoms with Crippen LogP contribution in [0.4, 0.5) is 4.39 Å². The number of hydrogen-bond acceptors (Lipinski definition) is 2. The van der Waals surface area contributed by atoms with Gasteiger partial charge in [-0.1, -0.05) is 0 Å². The molecule has 21 heavy (non-hydrogen) atoms. The number of aromatic amines is 1. The molecule has 1 aromatic carbocycles. The van der Waals surface area contributed by atoms with E-state index in [1.165, 1.54) is 25.1 Å². The van der Waals surface area contributed by atoms with Crippen molar-refractivity contribution in [2.75, 3.05) is 6.54 Å². The third-order valence-corrected chi connectivity index (χ3v) is 4.39. The van der Waals surface area contributed by atoms with Crippen LogP contribution < -0.4 is 26.3 Å². The van der Waals surface area contributed by atoms with Crippen molar-refractivity contribution in [1.82, 2.24) is 9.71 Å². The van der Waals surface area contributed by atoms with Crippen molar-refractivity contribution < 1.29 is 34.4 Å². The number of halogens is 2. The summed E-state index contributed by atoms with van der Waals surface area (Å²) in [5.41, 5.74) is 0.316.